The number of carbonyl (C=O) groups is 1. The topological polar surface area (TPSA) is 71.3 Å². The Bertz CT molecular complexity index is 761. The Balaban J connectivity index is 1.49. The number of hydrogen-bond donors (Lipinski definition) is 1. The normalized spacial score (nSPS) is 26.3. The van der Waals surface area contributed by atoms with Crippen LogP contribution in [0.25, 0.3) is 11.4 Å². The average Bonchev–Trinajstić information content (AvgIpc) is 3.35. The van der Waals surface area contributed by atoms with Gasteiger partial charge in [-0.15, -0.1) is 0 Å². The van der Waals surface area contributed by atoms with Crippen LogP contribution >= 0.6 is 0 Å². The van der Waals surface area contributed by atoms with Crippen molar-refractivity contribution in [2.45, 2.75) is 44.4 Å². The second-order valence-electron chi connectivity index (χ2n) is 6.82. The summed E-state index contributed by atoms with van der Waals surface area (Å²) in [5, 5.41) is 7.00. The van der Waals surface area contributed by atoms with E-state index in [1.165, 1.54) is 0 Å². The molecule has 7 heteroatoms. The molecular formula is C18H21FN4O2. The number of nitrogens with one attached hydrogen (secondary N) is 1. The molecule has 0 radical (unpaired) electrons. The standard InChI is InChI=1S/C18H21FN4O2/c1-11-3-2-8-23(11)18(24)13-6-4-12(5-7-13)16-21-17(25-22-16)15-9-14(19)10-20-15/h4-7,11,14-15,20H,2-3,8-10H2,1H3/t11?,14-,15+/m1/s1. The SMILES string of the molecule is CC1CCCN1C(=O)c1ccc(-c2noc([C@@H]3C[C@@H](F)CN3)n2)cc1. The number of alkyl halides is 1. The fourth-order valence-electron chi connectivity index (χ4n) is 3.54. The van der Waals surface area contributed by atoms with Crippen molar-refractivity contribution in [1.29, 1.82) is 0 Å². The summed E-state index contributed by atoms with van der Waals surface area (Å²) in [6, 6.07) is 7.30. The molecule has 1 aromatic carbocycles. The van der Waals surface area contributed by atoms with Crippen molar-refractivity contribution >= 4 is 5.91 Å². The maximum absolute atomic E-state index is 13.3. The highest BCUT2D eigenvalue weighted by atomic mass is 19.1. The number of rotatable bonds is 3. The van der Waals surface area contributed by atoms with Gasteiger partial charge in [0.05, 0.1) is 6.04 Å². The quantitative estimate of drug-likeness (QED) is 0.927. The summed E-state index contributed by atoms with van der Waals surface area (Å²) in [5.74, 6) is 0.920. The predicted molar refractivity (Wildman–Crippen MR) is 89.7 cm³/mol. The summed E-state index contributed by atoms with van der Waals surface area (Å²) < 4.78 is 18.5. The number of nitrogens with zero attached hydrogens (tertiary/aromatic N) is 3. The summed E-state index contributed by atoms with van der Waals surface area (Å²) in [7, 11) is 0. The highest BCUT2D eigenvalue weighted by Gasteiger charge is 2.29. The number of halogens is 1. The third kappa shape index (κ3) is 3.16. The molecule has 0 aliphatic carbocycles. The number of benzene rings is 1. The Labute approximate surface area is 145 Å². The van der Waals surface area contributed by atoms with Crippen LogP contribution in [0.4, 0.5) is 4.39 Å². The summed E-state index contributed by atoms with van der Waals surface area (Å²) in [5.41, 5.74) is 1.44. The fraction of sp³-hybridized carbons (Fsp3) is 0.500. The lowest BCUT2D eigenvalue weighted by atomic mass is 10.1. The second kappa shape index (κ2) is 6.55. The van der Waals surface area contributed by atoms with Gasteiger partial charge in [-0.2, -0.15) is 4.98 Å². The third-order valence-electron chi connectivity index (χ3n) is 5.02. The Morgan fingerprint density at radius 3 is 2.80 bits per heavy atom. The van der Waals surface area contributed by atoms with Crippen molar-refractivity contribution in [2.24, 2.45) is 0 Å². The Morgan fingerprint density at radius 2 is 2.16 bits per heavy atom. The second-order valence-corrected chi connectivity index (χ2v) is 6.82. The van der Waals surface area contributed by atoms with E-state index in [0.717, 1.165) is 24.9 Å². The van der Waals surface area contributed by atoms with Gasteiger partial charge in [-0.25, -0.2) is 4.39 Å². The maximum Gasteiger partial charge on any atom is 0.254 e. The summed E-state index contributed by atoms with van der Waals surface area (Å²) in [4.78, 5) is 18.8. The molecule has 1 unspecified atom stereocenters. The van der Waals surface area contributed by atoms with E-state index < -0.39 is 6.17 Å². The van der Waals surface area contributed by atoms with E-state index in [1.807, 2.05) is 17.0 Å². The molecule has 0 bridgehead atoms. The maximum atomic E-state index is 13.3. The summed E-state index contributed by atoms with van der Waals surface area (Å²) in [6.07, 6.45) is 1.60. The first-order valence-corrected chi connectivity index (χ1v) is 8.74. The molecular weight excluding hydrogens is 323 g/mol. The lowest BCUT2D eigenvalue weighted by Crippen LogP contribution is -2.33. The molecule has 3 heterocycles. The zero-order chi connectivity index (χ0) is 17.4. The lowest BCUT2D eigenvalue weighted by molar-refractivity contribution is 0.0747. The van der Waals surface area contributed by atoms with Crippen LogP contribution in [0.15, 0.2) is 28.8 Å². The van der Waals surface area contributed by atoms with E-state index in [2.05, 4.69) is 22.4 Å². The highest BCUT2D eigenvalue weighted by molar-refractivity contribution is 5.95. The molecule has 1 amide bonds. The van der Waals surface area contributed by atoms with Crippen LogP contribution in [-0.4, -0.2) is 46.3 Å². The molecule has 25 heavy (non-hydrogen) atoms. The number of amides is 1. The van der Waals surface area contributed by atoms with Crippen LogP contribution in [-0.2, 0) is 0 Å². The van der Waals surface area contributed by atoms with Crippen LogP contribution in [0.3, 0.4) is 0 Å². The van der Waals surface area contributed by atoms with E-state index in [4.69, 9.17) is 4.52 Å². The zero-order valence-corrected chi connectivity index (χ0v) is 14.1. The minimum Gasteiger partial charge on any atom is -0.337 e. The van der Waals surface area contributed by atoms with Gasteiger partial charge < -0.3 is 14.7 Å². The Kier molecular flexibility index (Phi) is 4.25. The minimum absolute atomic E-state index is 0.0643. The van der Waals surface area contributed by atoms with Crippen LogP contribution in [0.1, 0.15) is 48.5 Å². The predicted octanol–water partition coefficient (Wildman–Crippen LogP) is 2.73. The van der Waals surface area contributed by atoms with Gasteiger partial charge in [0.15, 0.2) is 0 Å². The number of likely N-dealkylation sites (tertiary alicyclic amines) is 1. The van der Waals surface area contributed by atoms with Crippen molar-refractivity contribution in [1.82, 2.24) is 20.4 Å². The van der Waals surface area contributed by atoms with Crippen LogP contribution < -0.4 is 5.32 Å². The van der Waals surface area contributed by atoms with Crippen molar-refractivity contribution in [2.75, 3.05) is 13.1 Å². The molecule has 1 N–H and O–H groups in total. The minimum atomic E-state index is -0.876. The van der Waals surface area contributed by atoms with E-state index >= 15 is 0 Å². The van der Waals surface area contributed by atoms with Gasteiger partial charge in [0.1, 0.15) is 6.17 Å². The van der Waals surface area contributed by atoms with E-state index in [1.54, 1.807) is 12.1 Å². The summed E-state index contributed by atoms with van der Waals surface area (Å²) in [6.45, 7) is 3.22. The van der Waals surface area contributed by atoms with Gasteiger partial charge in [-0.3, -0.25) is 4.79 Å². The number of aromatic nitrogens is 2. The number of hydrogen-bond acceptors (Lipinski definition) is 5. The van der Waals surface area contributed by atoms with Gasteiger partial charge >= 0.3 is 0 Å². The average molecular weight is 344 g/mol. The molecule has 4 rings (SSSR count). The van der Waals surface area contributed by atoms with Gasteiger partial charge in [0.25, 0.3) is 5.91 Å². The number of carbonyl (C=O) groups excluding carboxylic acids is 1. The Hall–Kier alpha value is -2.28. The first-order chi connectivity index (χ1) is 12.1. The summed E-state index contributed by atoms with van der Waals surface area (Å²) >= 11 is 0. The molecule has 2 saturated heterocycles. The monoisotopic (exact) mass is 344 g/mol. The van der Waals surface area contributed by atoms with Crippen molar-refractivity contribution in [3.63, 3.8) is 0 Å². The first-order valence-electron chi connectivity index (χ1n) is 8.74. The molecule has 1 aromatic heterocycles. The van der Waals surface area contributed by atoms with Crippen molar-refractivity contribution in [3.05, 3.63) is 35.7 Å². The van der Waals surface area contributed by atoms with Crippen molar-refractivity contribution < 1.29 is 13.7 Å². The van der Waals surface area contributed by atoms with Gasteiger partial charge in [0, 0.05) is 36.7 Å². The van der Waals surface area contributed by atoms with Crippen LogP contribution in [0.5, 0.6) is 0 Å². The fourth-order valence-corrected chi connectivity index (χ4v) is 3.54. The molecule has 2 fully saturated rings. The highest BCUT2D eigenvalue weighted by Crippen LogP contribution is 2.26. The molecule has 0 spiro atoms. The molecule has 6 nitrogen and oxygen atoms in total. The van der Waals surface area contributed by atoms with Crippen molar-refractivity contribution in [3.8, 4) is 11.4 Å². The Morgan fingerprint density at radius 1 is 1.36 bits per heavy atom. The van der Waals surface area contributed by atoms with E-state index in [9.17, 15) is 9.18 Å². The van der Waals surface area contributed by atoms with Crippen LogP contribution in [0, 0.1) is 0 Å². The van der Waals surface area contributed by atoms with Crippen LogP contribution in [0.2, 0.25) is 0 Å². The molecule has 132 valence electrons. The van der Waals surface area contributed by atoms with Gasteiger partial charge in [-0.1, -0.05) is 17.3 Å². The van der Waals surface area contributed by atoms with Gasteiger partial charge in [0.2, 0.25) is 11.7 Å². The lowest BCUT2D eigenvalue weighted by Gasteiger charge is -2.21. The molecule has 0 saturated carbocycles. The third-order valence-corrected chi connectivity index (χ3v) is 5.02. The molecule has 2 aliphatic rings. The molecule has 2 aromatic rings. The first kappa shape index (κ1) is 16.2. The van der Waals surface area contributed by atoms with E-state index in [0.29, 0.717) is 36.3 Å². The molecule has 3 atom stereocenters. The smallest absolute Gasteiger partial charge is 0.254 e. The zero-order valence-electron chi connectivity index (χ0n) is 14.1. The van der Waals surface area contributed by atoms with E-state index in [-0.39, 0.29) is 11.9 Å². The molecule has 2 aliphatic heterocycles. The van der Waals surface area contributed by atoms with Gasteiger partial charge in [-0.05, 0) is 31.9 Å². The largest absolute Gasteiger partial charge is 0.337 e.